The number of rotatable bonds is 9. The third kappa shape index (κ3) is 5.97. The zero-order chi connectivity index (χ0) is 29.9. The molecule has 1 atom stereocenters. The van der Waals surface area contributed by atoms with E-state index >= 15 is 0 Å². The van der Waals surface area contributed by atoms with E-state index in [-0.39, 0.29) is 18.4 Å². The number of ether oxygens (including phenoxy) is 1. The van der Waals surface area contributed by atoms with Crippen molar-refractivity contribution in [2.75, 3.05) is 56.2 Å². The van der Waals surface area contributed by atoms with Crippen molar-refractivity contribution in [3.63, 3.8) is 0 Å². The van der Waals surface area contributed by atoms with Gasteiger partial charge in [0.25, 0.3) is 0 Å². The SMILES string of the molecule is C=CC(=O)N1CCN(c2nc(OCCN(C)C3CCC3)nc3c2CCN(c2cncc4cccc(Cl)c24)C3)CC1CC#N. The average Bonchev–Trinajstić information content (AvgIpc) is 2.99. The first kappa shape index (κ1) is 29.1. The normalized spacial score (nSPS) is 18.7. The molecule has 6 rings (SSSR count). The third-order valence-electron chi connectivity index (χ3n) is 9.02. The van der Waals surface area contributed by atoms with Gasteiger partial charge in [0.1, 0.15) is 12.4 Å². The molecule has 1 saturated heterocycles. The van der Waals surface area contributed by atoms with Crippen molar-refractivity contribution in [3.05, 3.63) is 59.5 Å². The molecule has 0 spiro atoms. The van der Waals surface area contributed by atoms with E-state index in [0.29, 0.717) is 49.9 Å². The standard InChI is InChI=1S/C32H37ClN8O2/c1-3-29(42)41-15-14-40(20-24(41)10-12-34)31-25-11-13-39(28-19-35-18-22-6-4-9-26(33)30(22)28)21-27(25)36-32(37-31)43-17-16-38(2)23-7-5-8-23/h3-4,6,9,18-19,23-24H,1,5,7-8,10-11,13-17,20-21H2,2H3. The van der Waals surface area contributed by atoms with Gasteiger partial charge in [-0.25, -0.2) is 0 Å². The lowest BCUT2D eigenvalue weighted by atomic mass is 9.92. The number of hydrogen-bond acceptors (Lipinski definition) is 9. The van der Waals surface area contributed by atoms with Crippen LogP contribution < -0.4 is 14.5 Å². The van der Waals surface area contributed by atoms with E-state index in [2.05, 4.69) is 39.4 Å². The van der Waals surface area contributed by atoms with Gasteiger partial charge in [-0.2, -0.15) is 15.2 Å². The molecule has 11 heteroatoms. The predicted octanol–water partition coefficient (Wildman–Crippen LogP) is 4.22. The van der Waals surface area contributed by atoms with Crippen molar-refractivity contribution in [2.45, 2.75) is 50.7 Å². The highest BCUT2D eigenvalue weighted by atomic mass is 35.5. The molecule has 43 heavy (non-hydrogen) atoms. The lowest BCUT2D eigenvalue weighted by Crippen LogP contribution is -2.55. The number of carbonyl (C=O) groups is 1. The van der Waals surface area contributed by atoms with E-state index in [0.717, 1.165) is 53.0 Å². The molecular formula is C32H37ClN8O2. The van der Waals surface area contributed by atoms with Crippen LogP contribution in [0.5, 0.6) is 6.01 Å². The minimum atomic E-state index is -0.251. The quantitative estimate of drug-likeness (QED) is 0.334. The number of aromatic nitrogens is 3. The zero-order valence-electron chi connectivity index (χ0n) is 24.6. The number of amides is 1. The van der Waals surface area contributed by atoms with Gasteiger partial charge in [-0.15, -0.1) is 0 Å². The van der Waals surface area contributed by atoms with Gasteiger partial charge in [0, 0.05) is 61.3 Å². The second-order valence-corrected chi connectivity index (χ2v) is 11.9. The van der Waals surface area contributed by atoms with Crippen LogP contribution in [-0.4, -0.2) is 89.1 Å². The molecule has 0 bridgehead atoms. The monoisotopic (exact) mass is 600 g/mol. The highest BCUT2D eigenvalue weighted by Gasteiger charge is 2.33. The number of hydrogen-bond donors (Lipinski definition) is 0. The minimum Gasteiger partial charge on any atom is -0.462 e. The fourth-order valence-corrected chi connectivity index (χ4v) is 6.64. The molecule has 2 fully saturated rings. The van der Waals surface area contributed by atoms with E-state index in [1.807, 2.05) is 30.6 Å². The zero-order valence-corrected chi connectivity index (χ0v) is 25.3. The molecule has 1 aromatic carbocycles. The van der Waals surface area contributed by atoms with Crippen LogP contribution in [0.2, 0.25) is 5.02 Å². The second kappa shape index (κ2) is 12.7. The van der Waals surface area contributed by atoms with Crippen LogP contribution in [0, 0.1) is 11.3 Å². The van der Waals surface area contributed by atoms with E-state index in [1.54, 1.807) is 4.90 Å². The van der Waals surface area contributed by atoms with Crippen molar-refractivity contribution in [3.8, 4) is 12.1 Å². The van der Waals surface area contributed by atoms with Crippen molar-refractivity contribution in [1.82, 2.24) is 24.8 Å². The van der Waals surface area contributed by atoms with Crippen molar-refractivity contribution in [1.29, 1.82) is 5.26 Å². The Balaban J connectivity index is 1.30. The lowest BCUT2D eigenvalue weighted by Gasteiger charge is -2.42. The summed E-state index contributed by atoms with van der Waals surface area (Å²) < 4.78 is 6.20. The molecule has 10 nitrogen and oxygen atoms in total. The van der Waals surface area contributed by atoms with Gasteiger partial charge in [0.2, 0.25) is 5.91 Å². The first-order chi connectivity index (χ1) is 21.0. The summed E-state index contributed by atoms with van der Waals surface area (Å²) in [4.78, 5) is 35.5. The number of pyridine rings is 1. The maximum absolute atomic E-state index is 12.5. The molecule has 2 aromatic heterocycles. The summed E-state index contributed by atoms with van der Waals surface area (Å²) in [6, 6.07) is 8.86. The van der Waals surface area contributed by atoms with Crippen molar-refractivity contribution in [2.24, 2.45) is 0 Å². The molecule has 0 N–H and O–H groups in total. The topological polar surface area (TPSA) is 102 Å². The van der Waals surface area contributed by atoms with Crippen molar-refractivity contribution >= 4 is 39.8 Å². The van der Waals surface area contributed by atoms with Crippen LogP contribution in [0.1, 0.15) is 36.9 Å². The van der Waals surface area contributed by atoms with Gasteiger partial charge in [0.15, 0.2) is 0 Å². The van der Waals surface area contributed by atoms with Gasteiger partial charge in [-0.05, 0) is 38.5 Å². The fourth-order valence-electron chi connectivity index (χ4n) is 6.36. The number of piperazine rings is 1. The van der Waals surface area contributed by atoms with Gasteiger partial charge in [-0.1, -0.05) is 36.7 Å². The molecule has 224 valence electrons. The summed E-state index contributed by atoms with van der Waals surface area (Å²) in [6.45, 7) is 7.86. The molecule has 3 aliphatic rings. The molecule has 0 radical (unpaired) electrons. The van der Waals surface area contributed by atoms with E-state index in [4.69, 9.17) is 26.3 Å². The smallest absolute Gasteiger partial charge is 0.318 e. The summed E-state index contributed by atoms with van der Waals surface area (Å²) in [7, 11) is 2.15. The average molecular weight is 601 g/mol. The van der Waals surface area contributed by atoms with Crippen LogP contribution in [0.3, 0.4) is 0 Å². The number of carbonyl (C=O) groups excluding carboxylic acids is 1. The van der Waals surface area contributed by atoms with Crippen LogP contribution in [0.25, 0.3) is 10.8 Å². The van der Waals surface area contributed by atoms with Gasteiger partial charge in [0.05, 0.1) is 47.7 Å². The Morgan fingerprint density at radius 2 is 2.09 bits per heavy atom. The van der Waals surface area contributed by atoms with Gasteiger partial charge < -0.3 is 24.3 Å². The fraction of sp³-hybridized carbons (Fsp3) is 0.469. The highest BCUT2D eigenvalue weighted by molar-refractivity contribution is 6.36. The Morgan fingerprint density at radius 1 is 1.23 bits per heavy atom. The number of nitriles is 1. The number of halogens is 1. The summed E-state index contributed by atoms with van der Waals surface area (Å²) in [5.74, 6) is 0.678. The first-order valence-electron chi connectivity index (χ1n) is 15.0. The Labute approximate surface area is 257 Å². The van der Waals surface area contributed by atoms with Gasteiger partial charge in [-0.3, -0.25) is 9.78 Å². The van der Waals surface area contributed by atoms with Crippen LogP contribution in [0.15, 0.2) is 43.2 Å². The highest BCUT2D eigenvalue weighted by Crippen LogP contribution is 2.37. The number of benzene rings is 1. The molecule has 2 aliphatic heterocycles. The Morgan fingerprint density at radius 3 is 2.86 bits per heavy atom. The first-order valence-corrected chi connectivity index (χ1v) is 15.4. The molecule has 1 amide bonds. The second-order valence-electron chi connectivity index (χ2n) is 11.5. The summed E-state index contributed by atoms with van der Waals surface area (Å²) in [6.07, 6.45) is 9.77. The molecule has 4 heterocycles. The molecule has 3 aromatic rings. The Kier molecular flexibility index (Phi) is 8.63. The largest absolute Gasteiger partial charge is 0.462 e. The van der Waals surface area contributed by atoms with Crippen LogP contribution >= 0.6 is 11.6 Å². The molecule has 1 unspecified atom stereocenters. The molecular weight excluding hydrogens is 564 g/mol. The minimum absolute atomic E-state index is 0.151. The summed E-state index contributed by atoms with van der Waals surface area (Å²) >= 11 is 6.67. The van der Waals surface area contributed by atoms with Crippen molar-refractivity contribution < 1.29 is 9.53 Å². The third-order valence-corrected chi connectivity index (χ3v) is 9.33. The van der Waals surface area contributed by atoms with E-state index in [1.165, 1.54) is 25.3 Å². The number of fused-ring (bicyclic) bond motifs is 2. The van der Waals surface area contributed by atoms with Crippen LogP contribution in [0.4, 0.5) is 11.5 Å². The van der Waals surface area contributed by atoms with E-state index < -0.39 is 0 Å². The molecule has 1 aliphatic carbocycles. The number of nitrogens with zero attached hydrogens (tertiary/aromatic N) is 8. The number of likely N-dealkylation sites (N-methyl/N-ethyl adjacent to an activating group) is 1. The van der Waals surface area contributed by atoms with Gasteiger partial charge >= 0.3 is 6.01 Å². The Bertz CT molecular complexity index is 1550. The predicted molar refractivity (Wildman–Crippen MR) is 167 cm³/mol. The maximum atomic E-state index is 12.5. The summed E-state index contributed by atoms with van der Waals surface area (Å²) in [5.41, 5.74) is 2.96. The van der Waals surface area contributed by atoms with Crippen LogP contribution in [-0.2, 0) is 17.8 Å². The maximum Gasteiger partial charge on any atom is 0.318 e. The summed E-state index contributed by atoms with van der Waals surface area (Å²) in [5, 5.41) is 12.2. The van der Waals surface area contributed by atoms with E-state index in [9.17, 15) is 10.1 Å². The Hall–Kier alpha value is -3.94. The molecule has 1 saturated carbocycles. The lowest BCUT2D eigenvalue weighted by molar-refractivity contribution is -0.128. The number of anilines is 2.